The summed E-state index contributed by atoms with van der Waals surface area (Å²) < 4.78 is 0. The molecule has 0 amide bonds. The Balaban J connectivity index is 2.68. The third kappa shape index (κ3) is 4.13. The molecular weight excluding hydrogens is 220 g/mol. The van der Waals surface area contributed by atoms with Gasteiger partial charge in [-0.3, -0.25) is 0 Å². The fourth-order valence-corrected chi connectivity index (χ4v) is 2.25. The molecule has 0 spiro atoms. The van der Waals surface area contributed by atoms with Gasteiger partial charge >= 0.3 is 0 Å². The van der Waals surface area contributed by atoms with E-state index in [1.165, 1.54) is 16.7 Å². The van der Waals surface area contributed by atoms with Crippen LogP contribution in [0.3, 0.4) is 0 Å². The van der Waals surface area contributed by atoms with Crippen molar-refractivity contribution in [2.45, 2.75) is 60.5 Å². The third-order valence-corrected chi connectivity index (χ3v) is 4.19. The molecule has 0 fully saturated rings. The van der Waals surface area contributed by atoms with Crippen LogP contribution in [-0.2, 0) is 6.42 Å². The van der Waals surface area contributed by atoms with E-state index in [2.05, 4.69) is 59.7 Å². The van der Waals surface area contributed by atoms with Crippen LogP contribution in [0.2, 0.25) is 0 Å². The van der Waals surface area contributed by atoms with Gasteiger partial charge in [-0.25, -0.2) is 0 Å². The van der Waals surface area contributed by atoms with Crippen molar-refractivity contribution in [1.29, 1.82) is 0 Å². The largest absolute Gasteiger partial charge is 0.393 e. The van der Waals surface area contributed by atoms with E-state index in [1.54, 1.807) is 0 Å². The molecule has 0 aromatic heterocycles. The third-order valence-electron chi connectivity index (χ3n) is 4.19. The average Bonchev–Trinajstić information content (AvgIpc) is 2.22. The summed E-state index contributed by atoms with van der Waals surface area (Å²) in [7, 11) is 0. The first-order valence-electron chi connectivity index (χ1n) is 6.95. The summed E-state index contributed by atoms with van der Waals surface area (Å²) in [5.41, 5.74) is 4.16. The van der Waals surface area contributed by atoms with Crippen LogP contribution in [0.15, 0.2) is 18.2 Å². The molecule has 2 atom stereocenters. The molecule has 0 aliphatic carbocycles. The molecule has 1 rings (SSSR count). The molecule has 1 N–H and O–H groups in total. The molecule has 0 saturated heterocycles. The van der Waals surface area contributed by atoms with Gasteiger partial charge in [0.1, 0.15) is 0 Å². The number of hydrogen-bond donors (Lipinski definition) is 1. The van der Waals surface area contributed by atoms with Crippen molar-refractivity contribution in [3.05, 3.63) is 34.9 Å². The topological polar surface area (TPSA) is 20.2 Å². The Kier molecular flexibility index (Phi) is 4.98. The fourth-order valence-electron chi connectivity index (χ4n) is 2.25. The van der Waals surface area contributed by atoms with Crippen molar-refractivity contribution >= 4 is 0 Å². The number of aliphatic hydroxyl groups is 1. The predicted octanol–water partition coefficient (Wildman–Crippen LogP) is 4.28. The number of aryl methyl sites for hydroxylation is 2. The first kappa shape index (κ1) is 15.2. The first-order chi connectivity index (χ1) is 8.21. The lowest BCUT2D eigenvalue weighted by molar-refractivity contribution is 0.110. The zero-order valence-corrected chi connectivity index (χ0v) is 12.7. The minimum atomic E-state index is -0.237. The summed E-state index contributed by atoms with van der Waals surface area (Å²) in [6, 6.07) is 6.34. The van der Waals surface area contributed by atoms with Gasteiger partial charge < -0.3 is 5.11 Å². The second-order valence-corrected chi connectivity index (χ2v) is 6.73. The van der Waals surface area contributed by atoms with E-state index in [9.17, 15) is 5.11 Å². The summed E-state index contributed by atoms with van der Waals surface area (Å²) in [6.45, 7) is 13.2. The van der Waals surface area contributed by atoms with Crippen LogP contribution in [0.5, 0.6) is 0 Å². The number of benzene rings is 1. The van der Waals surface area contributed by atoms with E-state index in [4.69, 9.17) is 0 Å². The second kappa shape index (κ2) is 5.88. The lowest BCUT2D eigenvalue weighted by atomic mass is 9.78. The SMILES string of the molecule is Cc1cccc(C)c1CC(O)CC(C)C(C)(C)C. The summed E-state index contributed by atoms with van der Waals surface area (Å²) in [6.07, 6.45) is 1.41. The molecule has 0 aliphatic rings. The standard InChI is InChI=1S/C17H28O/c1-12-8-7-9-13(2)16(12)11-15(18)10-14(3)17(4,5)6/h7-9,14-15,18H,10-11H2,1-6H3. The van der Waals surface area contributed by atoms with Crippen molar-refractivity contribution < 1.29 is 5.11 Å². The van der Waals surface area contributed by atoms with Crippen LogP contribution < -0.4 is 0 Å². The van der Waals surface area contributed by atoms with E-state index in [1.807, 2.05) is 0 Å². The molecule has 1 aromatic rings. The molecule has 0 radical (unpaired) electrons. The van der Waals surface area contributed by atoms with Gasteiger partial charge in [0.05, 0.1) is 6.10 Å². The normalized spacial score (nSPS) is 15.5. The van der Waals surface area contributed by atoms with Gasteiger partial charge in [-0.2, -0.15) is 0 Å². The molecule has 102 valence electrons. The van der Waals surface area contributed by atoms with Crippen LogP contribution in [0.1, 0.15) is 50.8 Å². The van der Waals surface area contributed by atoms with Crippen LogP contribution in [0.4, 0.5) is 0 Å². The maximum Gasteiger partial charge on any atom is 0.0583 e. The fraction of sp³-hybridized carbons (Fsp3) is 0.647. The Labute approximate surface area is 112 Å². The van der Waals surface area contributed by atoms with Crippen molar-refractivity contribution in [1.82, 2.24) is 0 Å². The summed E-state index contributed by atoms with van der Waals surface area (Å²) in [4.78, 5) is 0. The maximum atomic E-state index is 10.3. The highest BCUT2D eigenvalue weighted by molar-refractivity contribution is 5.33. The van der Waals surface area contributed by atoms with Crippen molar-refractivity contribution in [3.8, 4) is 0 Å². The molecule has 18 heavy (non-hydrogen) atoms. The lowest BCUT2D eigenvalue weighted by Gasteiger charge is -2.29. The van der Waals surface area contributed by atoms with Gasteiger partial charge in [-0.15, -0.1) is 0 Å². The van der Waals surface area contributed by atoms with Crippen molar-refractivity contribution in [2.75, 3.05) is 0 Å². The summed E-state index contributed by atoms with van der Waals surface area (Å²) in [5, 5.41) is 10.3. The minimum Gasteiger partial charge on any atom is -0.393 e. The molecule has 2 unspecified atom stereocenters. The van der Waals surface area contributed by atoms with E-state index in [0.717, 1.165) is 12.8 Å². The number of rotatable bonds is 4. The highest BCUT2D eigenvalue weighted by Gasteiger charge is 2.23. The lowest BCUT2D eigenvalue weighted by Crippen LogP contribution is -2.24. The van der Waals surface area contributed by atoms with E-state index >= 15 is 0 Å². The van der Waals surface area contributed by atoms with E-state index in [-0.39, 0.29) is 11.5 Å². The van der Waals surface area contributed by atoms with Gasteiger partial charge in [0.15, 0.2) is 0 Å². The van der Waals surface area contributed by atoms with E-state index < -0.39 is 0 Å². The van der Waals surface area contributed by atoms with Gasteiger partial charge in [-0.05, 0) is 54.7 Å². The number of hydrogen-bond acceptors (Lipinski definition) is 1. The smallest absolute Gasteiger partial charge is 0.0583 e. The van der Waals surface area contributed by atoms with Gasteiger partial charge in [-0.1, -0.05) is 45.9 Å². The van der Waals surface area contributed by atoms with Crippen molar-refractivity contribution in [2.24, 2.45) is 11.3 Å². The Morgan fingerprint density at radius 1 is 1.11 bits per heavy atom. The first-order valence-corrected chi connectivity index (χ1v) is 6.95. The molecule has 1 aromatic carbocycles. The van der Waals surface area contributed by atoms with Crippen LogP contribution in [0.25, 0.3) is 0 Å². The molecule has 1 heteroatoms. The zero-order chi connectivity index (χ0) is 13.9. The average molecular weight is 248 g/mol. The van der Waals surface area contributed by atoms with Crippen LogP contribution in [-0.4, -0.2) is 11.2 Å². The quantitative estimate of drug-likeness (QED) is 0.843. The Morgan fingerprint density at radius 2 is 1.61 bits per heavy atom. The number of aliphatic hydroxyl groups excluding tert-OH is 1. The monoisotopic (exact) mass is 248 g/mol. The van der Waals surface area contributed by atoms with Crippen molar-refractivity contribution in [3.63, 3.8) is 0 Å². The summed E-state index contributed by atoms with van der Waals surface area (Å²) in [5.74, 6) is 0.525. The van der Waals surface area contributed by atoms with Crippen LogP contribution >= 0.6 is 0 Å². The van der Waals surface area contributed by atoms with Gasteiger partial charge in [0.25, 0.3) is 0 Å². The van der Waals surface area contributed by atoms with Gasteiger partial charge in [0, 0.05) is 0 Å². The zero-order valence-electron chi connectivity index (χ0n) is 12.7. The molecule has 0 heterocycles. The summed E-state index contributed by atoms with van der Waals surface area (Å²) >= 11 is 0. The molecule has 0 aliphatic heterocycles. The van der Waals surface area contributed by atoms with E-state index in [0.29, 0.717) is 5.92 Å². The molecular formula is C17H28O. The highest BCUT2D eigenvalue weighted by atomic mass is 16.3. The highest BCUT2D eigenvalue weighted by Crippen LogP contribution is 2.30. The van der Waals surface area contributed by atoms with Crippen LogP contribution in [0, 0.1) is 25.2 Å². The Bertz CT molecular complexity index is 367. The maximum absolute atomic E-state index is 10.3. The van der Waals surface area contributed by atoms with Gasteiger partial charge in [0.2, 0.25) is 0 Å². The molecule has 0 saturated carbocycles. The molecule has 1 nitrogen and oxygen atoms in total. The minimum absolute atomic E-state index is 0.237. The second-order valence-electron chi connectivity index (χ2n) is 6.73. The Morgan fingerprint density at radius 3 is 2.06 bits per heavy atom. The predicted molar refractivity (Wildman–Crippen MR) is 78.9 cm³/mol. The Hall–Kier alpha value is -0.820. The molecule has 0 bridgehead atoms.